The Labute approximate surface area is 105 Å². The quantitative estimate of drug-likeness (QED) is 0.794. The van der Waals surface area contributed by atoms with Gasteiger partial charge in [-0.25, -0.2) is 0 Å². The van der Waals surface area contributed by atoms with E-state index in [-0.39, 0.29) is 5.41 Å². The molecule has 0 spiro atoms. The van der Waals surface area contributed by atoms with Crippen molar-refractivity contribution in [1.29, 1.82) is 0 Å². The van der Waals surface area contributed by atoms with Gasteiger partial charge in [-0.15, -0.1) is 0 Å². The Hall–Kier alpha value is -0.570. The fraction of sp³-hybridized carbons (Fsp3) is 0.929. The Kier molecular flexibility index (Phi) is 3.48. The largest absolute Gasteiger partial charge is 0.342 e. The second-order valence-electron chi connectivity index (χ2n) is 6.64. The van der Waals surface area contributed by atoms with Gasteiger partial charge in [-0.2, -0.15) is 0 Å². The molecule has 3 heteroatoms. The molecule has 2 aliphatic carbocycles. The lowest BCUT2D eigenvalue weighted by Crippen LogP contribution is -2.44. The second kappa shape index (κ2) is 4.60. The van der Waals surface area contributed by atoms with Crippen LogP contribution in [0.15, 0.2) is 0 Å². The van der Waals surface area contributed by atoms with E-state index in [2.05, 4.69) is 20.8 Å². The molecule has 0 radical (unpaired) electrons. The van der Waals surface area contributed by atoms with Crippen LogP contribution in [-0.2, 0) is 4.79 Å². The van der Waals surface area contributed by atoms with Crippen molar-refractivity contribution in [2.45, 2.75) is 40.0 Å². The number of amides is 1. The smallest absolute Gasteiger partial charge is 0.225 e. The molecule has 3 nitrogen and oxygen atoms in total. The Morgan fingerprint density at radius 1 is 1.29 bits per heavy atom. The molecule has 2 rings (SSSR count). The number of carbonyl (C=O) groups excluding carboxylic acids is 1. The van der Waals surface area contributed by atoms with Gasteiger partial charge in [0.2, 0.25) is 5.91 Å². The van der Waals surface area contributed by atoms with Crippen molar-refractivity contribution in [2.75, 3.05) is 19.6 Å². The molecule has 0 aliphatic heterocycles. The van der Waals surface area contributed by atoms with E-state index in [0.717, 1.165) is 37.8 Å². The molecular weight excluding hydrogens is 212 g/mol. The zero-order valence-corrected chi connectivity index (χ0v) is 11.4. The maximum atomic E-state index is 12.4. The second-order valence-corrected chi connectivity index (χ2v) is 6.64. The third kappa shape index (κ3) is 2.82. The van der Waals surface area contributed by atoms with Crippen LogP contribution in [0.2, 0.25) is 0 Å². The highest BCUT2D eigenvalue weighted by molar-refractivity contribution is 5.79. The van der Waals surface area contributed by atoms with E-state index >= 15 is 0 Å². The van der Waals surface area contributed by atoms with Gasteiger partial charge in [0, 0.05) is 19.0 Å². The van der Waals surface area contributed by atoms with Crippen molar-refractivity contribution >= 4 is 5.91 Å². The van der Waals surface area contributed by atoms with E-state index < -0.39 is 0 Å². The molecular formula is C14H26N2O. The molecule has 2 saturated carbocycles. The van der Waals surface area contributed by atoms with Gasteiger partial charge in [0.15, 0.2) is 0 Å². The summed E-state index contributed by atoms with van der Waals surface area (Å²) in [7, 11) is 0. The predicted molar refractivity (Wildman–Crippen MR) is 69.4 cm³/mol. The molecule has 2 aliphatic rings. The Balaban J connectivity index is 1.91. The summed E-state index contributed by atoms with van der Waals surface area (Å²) < 4.78 is 0. The van der Waals surface area contributed by atoms with Crippen LogP contribution in [0.5, 0.6) is 0 Å². The summed E-state index contributed by atoms with van der Waals surface area (Å²) in [6, 6.07) is 0. The zero-order valence-electron chi connectivity index (χ0n) is 11.4. The molecule has 0 bridgehead atoms. The summed E-state index contributed by atoms with van der Waals surface area (Å²) in [6.07, 6.45) is 3.66. The number of nitrogens with two attached hydrogens (primary N) is 1. The third-order valence-corrected chi connectivity index (χ3v) is 4.46. The number of rotatable bonds is 5. The summed E-state index contributed by atoms with van der Waals surface area (Å²) in [5.41, 5.74) is 5.79. The minimum Gasteiger partial charge on any atom is -0.342 e. The van der Waals surface area contributed by atoms with E-state index in [9.17, 15) is 4.79 Å². The monoisotopic (exact) mass is 238 g/mol. The minimum atomic E-state index is 0.0349. The summed E-state index contributed by atoms with van der Waals surface area (Å²) in [4.78, 5) is 14.4. The number of hydrogen-bond donors (Lipinski definition) is 1. The lowest BCUT2D eigenvalue weighted by Gasteiger charge is -2.33. The summed E-state index contributed by atoms with van der Waals surface area (Å²) in [5, 5.41) is 0. The van der Waals surface area contributed by atoms with Gasteiger partial charge >= 0.3 is 0 Å². The van der Waals surface area contributed by atoms with E-state index in [0.29, 0.717) is 18.4 Å². The first kappa shape index (κ1) is 12.9. The van der Waals surface area contributed by atoms with Gasteiger partial charge < -0.3 is 10.6 Å². The Morgan fingerprint density at radius 2 is 1.88 bits per heavy atom. The van der Waals surface area contributed by atoms with Crippen molar-refractivity contribution in [3.05, 3.63) is 0 Å². The normalized spacial score (nSPS) is 31.2. The number of nitrogens with zero attached hydrogens (tertiary/aromatic N) is 1. The van der Waals surface area contributed by atoms with Crippen LogP contribution < -0.4 is 5.73 Å². The van der Waals surface area contributed by atoms with Crippen LogP contribution >= 0.6 is 0 Å². The fourth-order valence-corrected chi connectivity index (χ4v) is 3.10. The van der Waals surface area contributed by atoms with Crippen molar-refractivity contribution in [1.82, 2.24) is 4.90 Å². The number of fused-ring (bicyclic) bond motifs is 1. The zero-order chi connectivity index (χ0) is 12.6. The van der Waals surface area contributed by atoms with Crippen LogP contribution in [0.3, 0.4) is 0 Å². The summed E-state index contributed by atoms with van der Waals surface area (Å²) in [5.74, 6) is 2.45. The van der Waals surface area contributed by atoms with Gasteiger partial charge in [0.25, 0.3) is 0 Å². The number of hydrogen-bond acceptors (Lipinski definition) is 2. The molecule has 2 fully saturated rings. The minimum absolute atomic E-state index is 0.0349. The molecule has 0 heterocycles. The molecule has 98 valence electrons. The average molecular weight is 238 g/mol. The van der Waals surface area contributed by atoms with Crippen molar-refractivity contribution < 1.29 is 4.79 Å². The topological polar surface area (TPSA) is 46.3 Å². The molecule has 0 aromatic heterocycles. The molecule has 1 amide bonds. The Bertz CT molecular complexity index is 291. The van der Waals surface area contributed by atoms with Crippen molar-refractivity contribution in [3.63, 3.8) is 0 Å². The van der Waals surface area contributed by atoms with Crippen molar-refractivity contribution in [3.8, 4) is 0 Å². The van der Waals surface area contributed by atoms with Gasteiger partial charge in [-0.05, 0) is 50.0 Å². The molecule has 0 saturated heterocycles. The Morgan fingerprint density at radius 3 is 2.35 bits per heavy atom. The van der Waals surface area contributed by atoms with E-state index in [1.165, 1.54) is 6.42 Å². The highest BCUT2D eigenvalue weighted by Gasteiger charge is 2.48. The van der Waals surface area contributed by atoms with E-state index in [1.807, 2.05) is 4.90 Å². The maximum absolute atomic E-state index is 12.4. The van der Waals surface area contributed by atoms with Gasteiger partial charge in [0.1, 0.15) is 0 Å². The fourth-order valence-electron chi connectivity index (χ4n) is 3.10. The lowest BCUT2D eigenvalue weighted by molar-refractivity contribution is -0.136. The third-order valence-electron chi connectivity index (χ3n) is 4.46. The van der Waals surface area contributed by atoms with Gasteiger partial charge in [-0.1, -0.05) is 13.8 Å². The first-order valence-corrected chi connectivity index (χ1v) is 6.95. The van der Waals surface area contributed by atoms with Crippen LogP contribution in [0.1, 0.15) is 40.0 Å². The summed E-state index contributed by atoms with van der Waals surface area (Å²) in [6.45, 7) is 8.58. The lowest BCUT2D eigenvalue weighted by atomic mass is 9.92. The highest BCUT2D eigenvalue weighted by Crippen LogP contribution is 2.54. The van der Waals surface area contributed by atoms with Crippen LogP contribution in [-0.4, -0.2) is 30.4 Å². The molecule has 2 N–H and O–H groups in total. The molecule has 2 unspecified atom stereocenters. The number of carbonyl (C=O) groups is 1. The SMILES string of the molecule is CCN(CC(C)(C)CN)C(=O)C1CC2CC2C1. The van der Waals surface area contributed by atoms with Crippen molar-refractivity contribution in [2.24, 2.45) is 28.9 Å². The summed E-state index contributed by atoms with van der Waals surface area (Å²) >= 11 is 0. The van der Waals surface area contributed by atoms with Gasteiger partial charge in [0.05, 0.1) is 0 Å². The first-order valence-electron chi connectivity index (χ1n) is 6.95. The van der Waals surface area contributed by atoms with Crippen LogP contribution in [0.25, 0.3) is 0 Å². The van der Waals surface area contributed by atoms with Gasteiger partial charge in [-0.3, -0.25) is 4.79 Å². The first-order chi connectivity index (χ1) is 7.96. The van der Waals surface area contributed by atoms with Crippen LogP contribution in [0.4, 0.5) is 0 Å². The molecule has 0 aromatic rings. The maximum Gasteiger partial charge on any atom is 0.225 e. The van der Waals surface area contributed by atoms with Crippen LogP contribution in [0, 0.1) is 23.2 Å². The molecule has 17 heavy (non-hydrogen) atoms. The average Bonchev–Trinajstić information content (AvgIpc) is 2.92. The predicted octanol–water partition coefficient (Wildman–Crippen LogP) is 1.87. The highest BCUT2D eigenvalue weighted by atomic mass is 16.2. The van der Waals surface area contributed by atoms with E-state index in [4.69, 9.17) is 5.73 Å². The van der Waals surface area contributed by atoms with E-state index in [1.54, 1.807) is 0 Å². The molecule has 0 aromatic carbocycles. The standard InChI is InChI=1S/C14H26N2O/c1-4-16(9-14(2,3)8-15)13(17)12-6-10-5-11(10)7-12/h10-12H,4-9,15H2,1-3H3. The molecule has 2 atom stereocenters.